The third-order valence-corrected chi connectivity index (χ3v) is 6.65. The highest BCUT2D eigenvalue weighted by Crippen LogP contribution is 2.31. The van der Waals surface area contributed by atoms with Crippen molar-refractivity contribution >= 4 is 29.2 Å². The standard InChI is InChI=1S/C21H24N4O3S/c1-21(17-8-5-13-29-17)19(27)25(20(28)22-21)15-18(26)24-11-9-23(10-12-24)14-16-6-3-2-4-7-16/h2-8,13H,9-12,14-15H2,1H3,(H,22,28). The lowest BCUT2D eigenvalue weighted by atomic mass is 10.0. The molecule has 0 saturated carbocycles. The molecule has 1 atom stereocenters. The van der Waals surface area contributed by atoms with Crippen LogP contribution in [-0.4, -0.2) is 65.3 Å². The highest BCUT2D eigenvalue weighted by atomic mass is 32.1. The van der Waals surface area contributed by atoms with Crippen molar-refractivity contribution in [2.45, 2.75) is 19.0 Å². The van der Waals surface area contributed by atoms with Gasteiger partial charge in [-0.2, -0.15) is 0 Å². The van der Waals surface area contributed by atoms with Gasteiger partial charge in [-0.05, 0) is 23.9 Å². The van der Waals surface area contributed by atoms with Crippen molar-refractivity contribution < 1.29 is 14.4 Å². The van der Waals surface area contributed by atoms with Crippen LogP contribution in [-0.2, 0) is 21.7 Å². The molecule has 0 bridgehead atoms. The van der Waals surface area contributed by atoms with Gasteiger partial charge in [0, 0.05) is 37.6 Å². The van der Waals surface area contributed by atoms with Gasteiger partial charge in [0.25, 0.3) is 5.91 Å². The molecule has 0 radical (unpaired) electrons. The molecule has 1 unspecified atom stereocenters. The Kier molecular flexibility index (Phi) is 5.38. The van der Waals surface area contributed by atoms with E-state index in [4.69, 9.17) is 0 Å². The van der Waals surface area contributed by atoms with Crippen LogP contribution >= 0.6 is 11.3 Å². The fraction of sp³-hybridized carbons (Fsp3) is 0.381. The molecule has 2 aliphatic rings. The summed E-state index contributed by atoms with van der Waals surface area (Å²) >= 11 is 1.41. The van der Waals surface area contributed by atoms with Gasteiger partial charge in [-0.1, -0.05) is 36.4 Å². The van der Waals surface area contributed by atoms with Crippen molar-refractivity contribution in [3.8, 4) is 0 Å². The number of urea groups is 1. The first-order chi connectivity index (χ1) is 14.0. The summed E-state index contributed by atoms with van der Waals surface area (Å²) in [4.78, 5) is 43.9. The summed E-state index contributed by atoms with van der Waals surface area (Å²) in [5.74, 6) is -0.565. The minimum absolute atomic E-state index is 0.191. The molecule has 2 aromatic rings. The number of amides is 4. The summed E-state index contributed by atoms with van der Waals surface area (Å²) in [6.07, 6.45) is 0. The number of hydrogen-bond acceptors (Lipinski definition) is 5. The zero-order chi connectivity index (χ0) is 20.4. The van der Waals surface area contributed by atoms with Crippen LogP contribution in [0.5, 0.6) is 0 Å². The number of hydrogen-bond donors (Lipinski definition) is 1. The van der Waals surface area contributed by atoms with Gasteiger partial charge in [0.1, 0.15) is 6.54 Å². The van der Waals surface area contributed by atoms with Gasteiger partial charge in [-0.25, -0.2) is 4.79 Å². The second-order valence-corrected chi connectivity index (χ2v) is 8.51. The molecule has 29 heavy (non-hydrogen) atoms. The molecule has 0 aliphatic carbocycles. The van der Waals surface area contributed by atoms with Gasteiger partial charge >= 0.3 is 6.03 Å². The van der Waals surface area contributed by atoms with E-state index in [9.17, 15) is 14.4 Å². The number of carbonyl (C=O) groups is 3. The topological polar surface area (TPSA) is 73.0 Å². The number of rotatable bonds is 5. The van der Waals surface area contributed by atoms with Gasteiger partial charge in [-0.15, -0.1) is 11.3 Å². The average Bonchev–Trinajstić information content (AvgIpc) is 3.34. The second-order valence-electron chi connectivity index (χ2n) is 7.57. The molecule has 0 spiro atoms. The Morgan fingerprint density at radius 3 is 2.45 bits per heavy atom. The van der Waals surface area contributed by atoms with E-state index in [2.05, 4.69) is 22.3 Å². The molecular weight excluding hydrogens is 388 g/mol. The maximum Gasteiger partial charge on any atom is 0.325 e. The van der Waals surface area contributed by atoms with E-state index in [1.165, 1.54) is 16.9 Å². The SMILES string of the molecule is CC1(c2cccs2)NC(=O)N(CC(=O)N2CCN(Cc3ccccc3)CC2)C1=O. The fourth-order valence-corrected chi connectivity index (χ4v) is 4.64. The van der Waals surface area contributed by atoms with Crippen LogP contribution in [0.4, 0.5) is 4.79 Å². The minimum Gasteiger partial charge on any atom is -0.339 e. The van der Waals surface area contributed by atoms with E-state index in [0.29, 0.717) is 13.1 Å². The molecule has 8 heteroatoms. The monoisotopic (exact) mass is 412 g/mol. The molecule has 152 valence electrons. The molecule has 4 rings (SSSR count). The summed E-state index contributed by atoms with van der Waals surface area (Å²) in [6.45, 7) is 5.06. The lowest BCUT2D eigenvalue weighted by molar-refractivity contribution is -0.139. The van der Waals surface area contributed by atoms with Crippen LogP contribution in [0.2, 0.25) is 0 Å². The van der Waals surface area contributed by atoms with Crippen LogP contribution in [0.15, 0.2) is 47.8 Å². The number of carbonyl (C=O) groups excluding carboxylic acids is 3. The van der Waals surface area contributed by atoms with Crippen molar-refractivity contribution in [1.82, 2.24) is 20.0 Å². The number of imide groups is 1. The molecule has 1 N–H and O–H groups in total. The van der Waals surface area contributed by atoms with Crippen molar-refractivity contribution in [1.29, 1.82) is 0 Å². The average molecular weight is 413 g/mol. The first-order valence-electron chi connectivity index (χ1n) is 9.69. The molecule has 2 aliphatic heterocycles. The van der Waals surface area contributed by atoms with E-state index < -0.39 is 11.6 Å². The van der Waals surface area contributed by atoms with Crippen LogP contribution in [0.1, 0.15) is 17.4 Å². The maximum absolute atomic E-state index is 12.9. The van der Waals surface area contributed by atoms with E-state index in [0.717, 1.165) is 29.4 Å². The van der Waals surface area contributed by atoms with Crippen molar-refractivity contribution in [2.24, 2.45) is 0 Å². The molecule has 3 heterocycles. The first-order valence-corrected chi connectivity index (χ1v) is 10.6. The molecular formula is C21H24N4O3S. The molecule has 1 aromatic heterocycles. The smallest absolute Gasteiger partial charge is 0.325 e. The number of thiophene rings is 1. The minimum atomic E-state index is -1.10. The Bertz CT molecular complexity index is 894. The lowest BCUT2D eigenvalue weighted by Crippen LogP contribution is -2.51. The van der Waals surface area contributed by atoms with E-state index in [1.807, 2.05) is 35.7 Å². The van der Waals surface area contributed by atoms with E-state index in [1.54, 1.807) is 11.8 Å². The Balaban J connectivity index is 1.33. The van der Waals surface area contributed by atoms with Crippen LogP contribution in [0.3, 0.4) is 0 Å². The normalized spacial score (nSPS) is 22.8. The second kappa shape index (κ2) is 7.96. The van der Waals surface area contributed by atoms with Gasteiger partial charge < -0.3 is 10.2 Å². The summed E-state index contributed by atoms with van der Waals surface area (Å²) in [5, 5.41) is 4.61. The van der Waals surface area contributed by atoms with Gasteiger partial charge in [0.05, 0.1) is 0 Å². The van der Waals surface area contributed by atoms with Crippen molar-refractivity contribution in [3.05, 3.63) is 58.3 Å². The van der Waals surface area contributed by atoms with E-state index in [-0.39, 0.29) is 18.4 Å². The van der Waals surface area contributed by atoms with Crippen molar-refractivity contribution in [3.63, 3.8) is 0 Å². The maximum atomic E-state index is 12.9. The highest BCUT2D eigenvalue weighted by molar-refractivity contribution is 7.10. The highest BCUT2D eigenvalue weighted by Gasteiger charge is 2.50. The summed E-state index contributed by atoms with van der Waals surface area (Å²) in [6, 6.07) is 13.4. The Hall–Kier alpha value is -2.71. The molecule has 2 saturated heterocycles. The van der Waals surface area contributed by atoms with Gasteiger partial charge in [0.15, 0.2) is 5.54 Å². The largest absolute Gasteiger partial charge is 0.339 e. The Labute approximate surface area is 173 Å². The van der Waals surface area contributed by atoms with E-state index >= 15 is 0 Å². The Morgan fingerprint density at radius 1 is 1.07 bits per heavy atom. The van der Waals surface area contributed by atoms with Crippen LogP contribution < -0.4 is 5.32 Å². The summed E-state index contributed by atoms with van der Waals surface area (Å²) < 4.78 is 0. The van der Waals surface area contributed by atoms with Gasteiger partial charge in [-0.3, -0.25) is 19.4 Å². The quantitative estimate of drug-likeness (QED) is 0.761. The lowest BCUT2D eigenvalue weighted by Gasteiger charge is -2.35. The van der Waals surface area contributed by atoms with Crippen molar-refractivity contribution in [2.75, 3.05) is 32.7 Å². The zero-order valence-electron chi connectivity index (χ0n) is 16.3. The number of nitrogens with one attached hydrogen (secondary N) is 1. The predicted octanol–water partition coefficient (Wildman–Crippen LogP) is 1.86. The predicted molar refractivity (Wildman–Crippen MR) is 110 cm³/mol. The van der Waals surface area contributed by atoms with Crippen LogP contribution in [0.25, 0.3) is 0 Å². The first kappa shape index (κ1) is 19.6. The molecule has 2 fully saturated rings. The number of benzene rings is 1. The number of nitrogens with zero attached hydrogens (tertiary/aromatic N) is 3. The Morgan fingerprint density at radius 2 is 1.79 bits per heavy atom. The summed E-state index contributed by atoms with van der Waals surface area (Å²) in [7, 11) is 0. The van der Waals surface area contributed by atoms with Crippen LogP contribution in [0, 0.1) is 0 Å². The zero-order valence-corrected chi connectivity index (χ0v) is 17.2. The summed E-state index contributed by atoms with van der Waals surface area (Å²) in [5.41, 5.74) is 0.152. The van der Waals surface area contributed by atoms with Gasteiger partial charge in [0.2, 0.25) is 5.91 Å². The number of piperazine rings is 1. The third-order valence-electron chi connectivity index (χ3n) is 5.56. The fourth-order valence-electron chi connectivity index (χ4n) is 3.80. The molecule has 4 amide bonds. The third kappa shape index (κ3) is 3.90. The molecule has 1 aromatic carbocycles. The molecule has 7 nitrogen and oxygen atoms in total.